The second-order valence-corrected chi connectivity index (χ2v) is 7.37. The predicted octanol–water partition coefficient (Wildman–Crippen LogP) is 2.71. The van der Waals surface area contributed by atoms with E-state index in [1.165, 1.54) is 0 Å². The van der Waals surface area contributed by atoms with Crippen LogP contribution < -0.4 is 16.2 Å². The second-order valence-electron chi connectivity index (χ2n) is 6.94. The van der Waals surface area contributed by atoms with Crippen molar-refractivity contribution in [1.29, 1.82) is 0 Å². The van der Waals surface area contributed by atoms with E-state index in [0.717, 1.165) is 30.9 Å². The van der Waals surface area contributed by atoms with E-state index >= 15 is 0 Å². The smallest absolute Gasteiger partial charge is 0.322 e. The first kappa shape index (κ1) is 21.1. The molecule has 7 nitrogen and oxygen atoms in total. The number of amides is 3. The summed E-state index contributed by atoms with van der Waals surface area (Å²) >= 11 is 6.03. The molecule has 2 aromatic rings. The van der Waals surface area contributed by atoms with Gasteiger partial charge in [0.2, 0.25) is 0 Å². The SMILES string of the molecule is CCN1CCN(C(=O)N(Cc2ccc(C(=O)NN)cc2)c2ccc(Cl)cc2)CC1. The van der Waals surface area contributed by atoms with Gasteiger partial charge in [0, 0.05) is 42.5 Å². The van der Waals surface area contributed by atoms with Crippen molar-refractivity contribution in [1.82, 2.24) is 15.2 Å². The van der Waals surface area contributed by atoms with Crippen LogP contribution in [-0.4, -0.2) is 54.5 Å². The molecule has 1 aliphatic rings. The molecule has 154 valence electrons. The highest BCUT2D eigenvalue weighted by atomic mass is 35.5. The topological polar surface area (TPSA) is 81.9 Å². The molecule has 8 heteroatoms. The maximum Gasteiger partial charge on any atom is 0.324 e. The third kappa shape index (κ3) is 5.26. The highest BCUT2D eigenvalue weighted by Crippen LogP contribution is 2.22. The average molecular weight is 416 g/mol. The molecule has 3 N–H and O–H groups in total. The summed E-state index contributed by atoms with van der Waals surface area (Å²) in [6.07, 6.45) is 0. The first-order chi connectivity index (χ1) is 14.0. The summed E-state index contributed by atoms with van der Waals surface area (Å²) in [6.45, 7) is 6.66. The summed E-state index contributed by atoms with van der Waals surface area (Å²) < 4.78 is 0. The minimum Gasteiger partial charge on any atom is -0.322 e. The van der Waals surface area contributed by atoms with Gasteiger partial charge in [0.05, 0.1) is 6.54 Å². The molecule has 29 heavy (non-hydrogen) atoms. The molecule has 1 heterocycles. The molecule has 1 saturated heterocycles. The number of hydrogen-bond acceptors (Lipinski definition) is 4. The summed E-state index contributed by atoms with van der Waals surface area (Å²) in [7, 11) is 0. The Bertz CT molecular complexity index is 833. The summed E-state index contributed by atoms with van der Waals surface area (Å²) in [4.78, 5) is 30.9. The fourth-order valence-electron chi connectivity index (χ4n) is 3.34. The molecule has 0 radical (unpaired) electrons. The highest BCUT2D eigenvalue weighted by Gasteiger charge is 2.26. The van der Waals surface area contributed by atoms with E-state index in [0.29, 0.717) is 30.2 Å². The highest BCUT2D eigenvalue weighted by molar-refractivity contribution is 6.30. The number of nitrogen functional groups attached to an aromatic ring is 1. The molecule has 0 spiro atoms. The van der Waals surface area contributed by atoms with Gasteiger partial charge in [-0.15, -0.1) is 0 Å². The predicted molar refractivity (Wildman–Crippen MR) is 115 cm³/mol. The van der Waals surface area contributed by atoms with E-state index < -0.39 is 0 Å². The largest absolute Gasteiger partial charge is 0.324 e. The number of anilines is 1. The van der Waals surface area contributed by atoms with Crippen molar-refractivity contribution in [3.05, 3.63) is 64.7 Å². The fraction of sp³-hybridized carbons (Fsp3) is 0.333. The van der Waals surface area contributed by atoms with Gasteiger partial charge < -0.3 is 9.80 Å². The lowest BCUT2D eigenvalue weighted by molar-refractivity contribution is 0.0953. The molecular formula is C21H26ClN5O2. The standard InChI is InChI=1S/C21H26ClN5O2/c1-2-25-11-13-26(14-12-25)21(29)27(19-9-7-18(22)8-10-19)15-16-3-5-17(6-4-16)20(28)24-23/h3-10H,2,11-15,23H2,1H3,(H,24,28). The Kier molecular flexibility index (Phi) is 7.09. The molecule has 0 atom stereocenters. The van der Waals surface area contributed by atoms with Crippen molar-refractivity contribution in [3.63, 3.8) is 0 Å². The van der Waals surface area contributed by atoms with Crippen LogP contribution >= 0.6 is 11.6 Å². The van der Waals surface area contributed by atoms with E-state index in [1.54, 1.807) is 29.2 Å². The Morgan fingerprint density at radius 3 is 2.21 bits per heavy atom. The quantitative estimate of drug-likeness (QED) is 0.447. The average Bonchev–Trinajstić information content (AvgIpc) is 2.77. The van der Waals surface area contributed by atoms with Crippen LogP contribution in [0.15, 0.2) is 48.5 Å². The van der Waals surface area contributed by atoms with Crippen LogP contribution in [0, 0.1) is 0 Å². The monoisotopic (exact) mass is 415 g/mol. The summed E-state index contributed by atoms with van der Waals surface area (Å²) in [6, 6.07) is 14.3. The molecule has 0 aromatic heterocycles. The van der Waals surface area contributed by atoms with Crippen LogP contribution in [0.25, 0.3) is 0 Å². The van der Waals surface area contributed by atoms with Gasteiger partial charge >= 0.3 is 6.03 Å². The second kappa shape index (κ2) is 9.73. The lowest BCUT2D eigenvalue weighted by Gasteiger charge is -2.37. The first-order valence-electron chi connectivity index (χ1n) is 9.66. The van der Waals surface area contributed by atoms with E-state index in [1.807, 2.05) is 29.2 Å². The number of piperazine rings is 1. The van der Waals surface area contributed by atoms with Crippen molar-refractivity contribution in [2.24, 2.45) is 5.84 Å². The molecule has 0 aliphatic carbocycles. The van der Waals surface area contributed by atoms with E-state index in [9.17, 15) is 9.59 Å². The van der Waals surface area contributed by atoms with Gasteiger partial charge in [-0.1, -0.05) is 30.7 Å². The normalized spacial score (nSPS) is 14.5. The Morgan fingerprint density at radius 2 is 1.66 bits per heavy atom. The van der Waals surface area contributed by atoms with Gasteiger partial charge in [-0.2, -0.15) is 0 Å². The third-order valence-electron chi connectivity index (χ3n) is 5.15. The van der Waals surface area contributed by atoms with Gasteiger partial charge in [0.15, 0.2) is 0 Å². The Balaban J connectivity index is 1.80. The molecule has 1 aliphatic heterocycles. The van der Waals surface area contributed by atoms with E-state index in [-0.39, 0.29) is 11.9 Å². The number of nitrogens with one attached hydrogen (secondary N) is 1. The van der Waals surface area contributed by atoms with Crippen LogP contribution in [0.2, 0.25) is 5.02 Å². The molecule has 3 rings (SSSR count). The Morgan fingerprint density at radius 1 is 1.03 bits per heavy atom. The zero-order chi connectivity index (χ0) is 20.8. The molecule has 0 saturated carbocycles. The van der Waals surface area contributed by atoms with Gasteiger partial charge in [-0.05, 0) is 48.5 Å². The third-order valence-corrected chi connectivity index (χ3v) is 5.40. The lowest BCUT2D eigenvalue weighted by atomic mass is 10.1. The fourth-order valence-corrected chi connectivity index (χ4v) is 3.47. The zero-order valence-electron chi connectivity index (χ0n) is 16.5. The van der Waals surface area contributed by atoms with Gasteiger partial charge in [-0.25, -0.2) is 10.6 Å². The first-order valence-corrected chi connectivity index (χ1v) is 10.0. The van der Waals surface area contributed by atoms with Crippen LogP contribution in [0.3, 0.4) is 0 Å². The van der Waals surface area contributed by atoms with Crippen molar-refractivity contribution in [2.45, 2.75) is 13.5 Å². The van der Waals surface area contributed by atoms with Crippen molar-refractivity contribution < 1.29 is 9.59 Å². The Labute approximate surface area is 176 Å². The lowest BCUT2D eigenvalue weighted by Crippen LogP contribution is -2.52. The molecular weight excluding hydrogens is 390 g/mol. The maximum atomic E-state index is 13.3. The van der Waals surface area contributed by atoms with Gasteiger partial charge in [0.1, 0.15) is 0 Å². The zero-order valence-corrected chi connectivity index (χ0v) is 17.2. The number of halogens is 1. The number of hydrazine groups is 1. The summed E-state index contributed by atoms with van der Waals surface area (Å²) in [5, 5.41) is 0.620. The molecule has 3 amide bonds. The number of nitrogens with zero attached hydrogens (tertiary/aromatic N) is 3. The van der Waals surface area contributed by atoms with Crippen molar-refractivity contribution >= 4 is 29.2 Å². The number of carbonyl (C=O) groups is 2. The number of likely N-dealkylation sites (N-methyl/N-ethyl adjacent to an activating group) is 1. The van der Waals surface area contributed by atoms with Crippen molar-refractivity contribution in [2.75, 3.05) is 37.6 Å². The minimum atomic E-state index is -0.351. The summed E-state index contributed by atoms with van der Waals surface area (Å²) in [5.74, 6) is 4.83. The molecule has 0 unspecified atom stereocenters. The van der Waals surface area contributed by atoms with E-state index in [2.05, 4.69) is 17.2 Å². The van der Waals surface area contributed by atoms with Gasteiger partial charge in [-0.3, -0.25) is 15.1 Å². The molecule has 2 aromatic carbocycles. The number of benzene rings is 2. The van der Waals surface area contributed by atoms with Crippen LogP contribution in [0.5, 0.6) is 0 Å². The van der Waals surface area contributed by atoms with Crippen LogP contribution in [0.4, 0.5) is 10.5 Å². The number of hydrogen-bond donors (Lipinski definition) is 2. The number of urea groups is 1. The van der Waals surface area contributed by atoms with Crippen LogP contribution in [-0.2, 0) is 6.54 Å². The summed E-state index contributed by atoms with van der Waals surface area (Å²) in [5.41, 5.74) is 4.27. The molecule has 1 fully saturated rings. The Hall–Kier alpha value is -2.61. The van der Waals surface area contributed by atoms with Crippen molar-refractivity contribution in [3.8, 4) is 0 Å². The van der Waals surface area contributed by atoms with Gasteiger partial charge in [0.25, 0.3) is 5.91 Å². The number of carbonyl (C=O) groups excluding carboxylic acids is 2. The molecule has 0 bridgehead atoms. The number of nitrogens with two attached hydrogens (primary N) is 1. The number of rotatable bonds is 5. The van der Waals surface area contributed by atoms with E-state index in [4.69, 9.17) is 17.4 Å². The van der Waals surface area contributed by atoms with Crippen LogP contribution in [0.1, 0.15) is 22.8 Å². The minimum absolute atomic E-state index is 0.0353. The maximum absolute atomic E-state index is 13.3.